The number of rotatable bonds is 3. The quantitative estimate of drug-likeness (QED) is 0.914. The molecule has 2 heterocycles. The molecule has 0 amide bonds. The molecule has 0 aliphatic carbocycles. The summed E-state index contributed by atoms with van der Waals surface area (Å²) in [6.45, 7) is 4.31. The van der Waals surface area contributed by atoms with Gasteiger partial charge >= 0.3 is 0 Å². The summed E-state index contributed by atoms with van der Waals surface area (Å²) in [7, 11) is 0. The van der Waals surface area contributed by atoms with Gasteiger partial charge in [-0.3, -0.25) is 4.98 Å². The Balaban J connectivity index is 1.73. The van der Waals surface area contributed by atoms with Gasteiger partial charge in [0.25, 0.3) is 0 Å². The van der Waals surface area contributed by atoms with Crippen molar-refractivity contribution in [2.24, 2.45) is 0 Å². The van der Waals surface area contributed by atoms with Gasteiger partial charge in [-0.05, 0) is 29.7 Å². The molecule has 3 heteroatoms. The predicted molar refractivity (Wildman–Crippen MR) is 74.7 cm³/mol. The van der Waals surface area contributed by atoms with E-state index in [2.05, 4.69) is 47.6 Å². The van der Waals surface area contributed by atoms with Crippen molar-refractivity contribution in [1.29, 1.82) is 0 Å². The van der Waals surface area contributed by atoms with Crippen molar-refractivity contribution in [3.63, 3.8) is 0 Å². The van der Waals surface area contributed by atoms with Gasteiger partial charge in [0.1, 0.15) is 0 Å². The standard InChI is InChI=1S/C16H18N2O/c1-12-5-4-8-17-15(12)9-18-16-11-19-10-13-6-2-3-7-14(13)16/h2-8,16,18H,9-11H2,1H3. The zero-order chi connectivity index (χ0) is 13.1. The molecular weight excluding hydrogens is 236 g/mol. The first kappa shape index (κ1) is 12.3. The van der Waals surface area contributed by atoms with Crippen LogP contribution in [0.3, 0.4) is 0 Å². The molecule has 0 spiro atoms. The second-order valence-corrected chi connectivity index (χ2v) is 4.91. The molecule has 1 unspecified atom stereocenters. The monoisotopic (exact) mass is 254 g/mol. The van der Waals surface area contributed by atoms with Gasteiger partial charge in [-0.25, -0.2) is 0 Å². The van der Waals surface area contributed by atoms with E-state index in [1.807, 2.05) is 12.3 Å². The van der Waals surface area contributed by atoms with E-state index >= 15 is 0 Å². The van der Waals surface area contributed by atoms with Crippen LogP contribution in [0.4, 0.5) is 0 Å². The summed E-state index contributed by atoms with van der Waals surface area (Å²) in [6, 6.07) is 12.8. The number of hydrogen-bond donors (Lipinski definition) is 1. The van der Waals surface area contributed by atoms with E-state index in [0.717, 1.165) is 25.5 Å². The van der Waals surface area contributed by atoms with Gasteiger partial charge in [-0.1, -0.05) is 30.3 Å². The van der Waals surface area contributed by atoms with Crippen molar-refractivity contribution < 1.29 is 4.74 Å². The molecule has 98 valence electrons. The fraction of sp³-hybridized carbons (Fsp3) is 0.312. The molecule has 0 radical (unpaired) electrons. The zero-order valence-electron chi connectivity index (χ0n) is 11.1. The first-order valence-electron chi connectivity index (χ1n) is 6.64. The second-order valence-electron chi connectivity index (χ2n) is 4.91. The van der Waals surface area contributed by atoms with Crippen LogP contribution in [0, 0.1) is 6.92 Å². The Morgan fingerprint density at radius 3 is 3.05 bits per heavy atom. The van der Waals surface area contributed by atoms with Gasteiger partial charge in [0.2, 0.25) is 0 Å². The summed E-state index contributed by atoms with van der Waals surface area (Å²) in [5.74, 6) is 0. The minimum absolute atomic E-state index is 0.256. The van der Waals surface area contributed by atoms with Crippen molar-refractivity contribution in [3.8, 4) is 0 Å². The normalized spacial score (nSPS) is 18.1. The van der Waals surface area contributed by atoms with Crippen LogP contribution in [-0.2, 0) is 17.9 Å². The van der Waals surface area contributed by atoms with E-state index in [1.54, 1.807) is 0 Å². The molecular formula is C16H18N2O. The Hall–Kier alpha value is -1.71. The molecule has 0 saturated carbocycles. The molecule has 0 bridgehead atoms. The van der Waals surface area contributed by atoms with Gasteiger partial charge in [0, 0.05) is 12.7 Å². The molecule has 1 aromatic carbocycles. The highest BCUT2D eigenvalue weighted by atomic mass is 16.5. The summed E-state index contributed by atoms with van der Waals surface area (Å²) >= 11 is 0. The van der Waals surface area contributed by atoms with Crippen molar-refractivity contribution in [1.82, 2.24) is 10.3 Å². The van der Waals surface area contributed by atoms with E-state index in [4.69, 9.17) is 4.74 Å². The van der Waals surface area contributed by atoms with E-state index < -0.39 is 0 Å². The highest BCUT2D eigenvalue weighted by Gasteiger charge is 2.19. The number of hydrogen-bond acceptors (Lipinski definition) is 3. The Morgan fingerprint density at radius 2 is 2.16 bits per heavy atom. The topological polar surface area (TPSA) is 34.2 Å². The Morgan fingerprint density at radius 1 is 1.26 bits per heavy atom. The Kier molecular flexibility index (Phi) is 3.58. The van der Waals surface area contributed by atoms with Crippen LogP contribution in [0.2, 0.25) is 0 Å². The lowest BCUT2D eigenvalue weighted by atomic mass is 9.99. The number of nitrogens with one attached hydrogen (secondary N) is 1. The summed E-state index contributed by atoms with van der Waals surface area (Å²) in [4.78, 5) is 4.42. The first-order valence-corrected chi connectivity index (χ1v) is 6.64. The fourth-order valence-electron chi connectivity index (χ4n) is 2.47. The molecule has 2 aromatic rings. The molecule has 1 aliphatic rings. The van der Waals surface area contributed by atoms with E-state index in [9.17, 15) is 0 Å². The van der Waals surface area contributed by atoms with E-state index in [1.165, 1.54) is 16.7 Å². The number of aromatic nitrogens is 1. The van der Waals surface area contributed by atoms with Crippen LogP contribution >= 0.6 is 0 Å². The highest BCUT2D eigenvalue weighted by molar-refractivity contribution is 5.31. The van der Waals surface area contributed by atoms with Crippen molar-refractivity contribution in [2.75, 3.05) is 6.61 Å². The molecule has 3 rings (SSSR count). The van der Waals surface area contributed by atoms with Crippen LogP contribution in [-0.4, -0.2) is 11.6 Å². The molecule has 3 nitrogen and oxygen atoms in total. The smallest absolute Gasteiger partial charge is 0.0721 e. The van der Waals surface area contributed by atoms with Crippen LogP contribution in [0.15, 0.2) is 42.6 Å². The lowest BCUT2D eigenvalue weighted by molar-refractivity contribution is 0.0815. The number of fused-ring (bicyclic) bond motifs is 1. The molecule has 0 saturated heterocycles. The third-order valence-electron chi connectivity index (χ3n) is 3.61. The summed E-state index contributed by atoms with van der Waals surface area (Å²) in [6.07, 6.45) is 1.84. The second kappa shape index (κ2) is 5.51. The number of benzene rings is 1. The average Bonchev–Trinajstić information content (AvgIpc) is 2.46. The van der Waals surface area contributed by atoms with Crippen molar-refractivity contribution >= 4 is 0 Å². The summed E-state index contributed by atoms with van der Waals surface area (Å²) in [5.41, 5.74) is 4.96. The van der Waals surface area contributed by atoms with Gasteiger partial charge in [0.05, 0.1) is 24.9 Å². The van der Waals surface area contributed by atoms with Gasteiger partial charge in [0.15, 0.2) is 0 Å². The van der Waals surface area contributed by atoms with Gasteiger partial charge < -0.3 is 10.1 Å². The van der Waals surface area contributed by atoms with Crippen LogP contribution < -0.4 is 5.32 Å². The predicted octanol–water partition coefficient (Wildman–Crippen LogP) is 2.75. The minimum Gasteiger partial charge on any atom is -0.375 e. The van der Waals surface area contributed by atoms with Crippen molar-refractivity contribution in [2.45, 2.75) is 26.1 Å². The highest BCUT2D eigenvalue weighted by Crippen LogP contribution is 2.24. The van der Waals surface area contributed by atoms with Crippen LogP contribution in [0.1, 0.15) is 28.4 Å². The third-order valence-corrected chi connectivity index (χ3v) is 3.61. The lowest BCUT2D eigenvalue weighted by Gasteiger charge is -2.26. The van der Waals surface area contributed by atoms with E-state index in [0.29, 0.717) is 0 Å². The molecule has 0 fully saturated rings. The first-order chi connectivity index (χ1) is 9.34. The molecule has 1 aromatic heterocycles. The van der Waals surface area contributed by atoms with Crippen LogP contribution in [0.5, 0.6) is 0 Å². The van der Waals surface area contributed by atoms with Gasteiger partial charge in [-0.15, -0.1) is 0 Å². The number of aryl methyl sites for hydroxylation is 1. The molecule has 1 atom stereocenters. The Bertz CT molecular complexity index is 568. The lowest BCUT2D eigenvalue weighted by Crippen LogP contribution is -2.29. The number of pyridine rings is 1. The maximum atomic E-state index is 5.64. The maximum Gasteiger partial charge on any atom is 0.0721 e. The summed E-state index contributed by atoms with van der Waals surface area (Å²) in [5, 5.41) is 3.55. The number of nitrogens with zero attached hydrogens (tertiary/aromatic N) is 1. The number of ether oxygens (including phenoxy) is 1. The van der Waals surface area contributed by atoms with Crippen molar-refractivity contribution in [3.05, 3.63) is 65.0 Å². The molecule has 1 aliphatic heterocycles. The largest absolute Gasteiger partial charge is 0.375 e. The molecule has 1 N–H and O–H groups in total. The zero-order valence-corrected chi connectivity index (χ0v) is 11.1. The maximum absolute atomic E-state index is 5.64. The average molecular weight is 254 g/mol. The Labute approximate surface area is 113 Å². The SMILES string of the molecule is Cc1cccnc1CNC1COCc2ccccc21. The van der Waals surface area contributed by atoms with Gasteiger partial charge in [-0.2, -0.15) is 0 Å². The van der Waals surface area contributed by atoms with Crippen LogP contribution in [0.25, 0.3) is 0 Å². The van der Waals surface area contributed by atoms with E-state index in [-0.39, 0.29) is 6.04 Å². The third kappa shape index (κ3) is 2.67. The fourth-order valence-corrected chi connectivity index (χ4v) is 2.47. The summed E-state index contributed by atoms with van der Waals surface area (Å²) < 4.78 is 5.64. The molecule has 19 heavy (non-hydrogen) atoms. The minimum atomic E-state index is 0.256.